The van der Waals surface area contributed by atoms with E-state index in [9.17, 15) is 5.11 Å². The van der Waals surface area contributed by atoms with Gasteiger partial charge in [0.05, 0.1) is 12.7 Å². The molecular formula is C18H26N2O2. The highest BCUT2D eigenvalue weighted by Gasteiger charge is 2.33. The highest BCUT2D eigenvalue weighted by Crippen LogP contribution is 2.30. The van der Waals surface area contributed by atoms with Gasteiger partial charge in [-0.05, 0) is 57.5 Å². The van der Waals surface area contributed by atoms with E-state index < -0.39 is 5.60 Å². The number of aliphatic hydroxyl groups is 1. The Labute approximate surface area is 132 Å². The van der Waals surface area contributed by atoms with Gasteiger partial charge in [-0.1, -0.05) is 0 Å². The Kier molecular flexibility index (Phi) is 3.91. The number of aryl methyl sites for hydroxylation is 1. The number of likely N-dealkylation sites (tertiary alicyclic amines) is 1. The number of hydrogen-bond acceptors (Lipinski definition) is 3. The molecule has 1 aromatic carbocycles. The second-order valence-electron chi connectivity index (χ2n) is 7.01. The highest BCUT2D eigenvalue weighted by atomic mass is 16.5. The average Bonchev–Trinajstić information content (AvgIpc) is 3.05. The van der Waals surface area contributed by atoms with Gasteiger partial charge in [0.15, 0.2) is 0 Å². The largest absolute Gasteiger partial charge is 0.497 e. The molecule has 1 aliphatic rings. The topological polar surface area (TPSA) is 48.5 Å². The van der Waals surface area contributed by atoms with E-state index in [4.69, 9.17) is 4.74 Å². The van der Waals surface area contributed by atoms with Crippen molar-refractivity contribution in [3.63, 3.8) is 0 Å². The number of aromatic amines is 1. The molecule has 1 saturated heterocycles. The number of nitrogens with zero attached hydrogens (tertiary/aromatic N) is 1. The van der Waals surface area contributed by atoms with Gasteiger partial charge in [-0.15, -0.1) is 0 Å². The standard InChI is InChI=1S/C18H26N2O2/c1-12-15-9-14(22-4)5-6-16(15)19-17(12)11-20-8-7-13(10-20)18(2,3)21/h5-6,9,13,19,21H,7-8,10-11H2,1-4H3/t13-/m0/s1. The molecule has 3 rings (SSSR count). The number of rotatable bonds is 4. The molecule has 4 nitrogen and oxygen atoms in total. The number of aromatic nitrogens is 1. The van der Waals surface area contributed by atoms with Crippen LogP contribution in [0.15, 0.2) is 18.2 Å². The molecule has 0 radical (unpaired) electrons. The molecule has 1 aromatic heterocycles. The zero-order valence-corrected chi connectivity index (χ0v) is 13.9. The van der Waals surface area contributed by atoms with Crippen LogP contribution >= 0.6 is 0 Å². The summed E-state index contributed by atoms with van der Waals surface area (Å²) in [5.41, 5.74) is 3.13. The fourth-order valence-corrected chi connectivity index (χ4v) is 3.42. The van der Waals surface area contributed by atoms with Crippen molar-refractivity contribution in [2.45, 2.75) is 39.3 Å². The summed E-state index contributed by atoms with van der Waals surface area (Å²) in [4.78, 5) is 5.96. The van der Waals surface area contributed by atoms with Crippen LogP contribution in [0.4, 0.5) is 0 Å². The minimum atomic E-state index is -0.586. The smallest absolute Gasteiger partial charge is 0.119 e. The van der Waals surface area contributed by atoms with E-state index in [2.05, 4.69) is 28.9 Å². The number of benzene rings is 1. The maximum absolute atomic E-state index is 10.2. The van der Waals surface area contributed by atoms with Crippen LogP contribution in [0.3, 0.4) is 0 Å². The molecule has 2 aromatic rings. The van der Waals surface area contributed by atoms with Crippen molar-refractivity contribution in [2.75, 3.05) is 20.2 Å². The quantitative estimate of drug-likeness (QED) is 0.912. The monoisotopic (exact) mass is 302 g/mol. The Morgan fingerprint density at radius 3 is 2.82 bits per heavy atom. The lowest BCUT2D eigenvalue weighted by Crippen LogP contribution is -2.33. The minimum absolute atomic E-state index is 0.359. The second-order valence-corrected chi connectivity index (χ2v) is 7.01. The van der Waals surface area contributed by atoms with Crippen LogP contribution < -0.4 is 4.74 Å². The maximum Gasteiger partial charge on any atom is 0.119 e. The first kappa shape index (κ1) is 15.4. The maximum atomic E-state index is 10.2. The summed E-state index contributed by atoms with van der Waals surface area (Å²) in [6, 6.07) is 6.16. The number of fused-ring (bicyclic) bond motifs is 1. The molecule has 120 valence electrons. The molecule has 0 amide bonds. The first-order valence-electron chi connectivity index (χ1n) is 7.98. The lowest BCUT2D eigenvalue weighted by atomic mass is 9.90. The predicted octanol–water partition coefficient (Wildman–Crippen LogP) is 3.08. The Balaban J connectivity index is 1.79. The number of nitrogens with one attached hydrogen (secondary N) is 1. The van der Waals surface area contributed by atoms with Crippen molar-refractivity contribution in [2.24, 2.45) is 5.92 Å². The molecule has 2 heterocycles. The molecule has 0 unspecified atom stereocenters. The van der Waals surface area contributed by atoms with Gasteiger partial charge in [-0.3, -0.25) is 4.90 Å². The SMILES string of the molecule is COc1ccc2[nH]c(CN3CC[C@H](C(C)(C)O)C3)c(C)c2c1. The fraction of sp³-hybridized carbons (Fsp3) is 0.556. The van der Waals surface area contributed by atoms with Crippen LogP contribution in [0.5, 0.6) is 5.75 Å². The zero-order chi connectivity index (χ0) is 15.9. The van der Waals surface area contributed by atoms with E-state index in [0.717, 1.165) is 37.3 Å². The third-order valence-electron chi connectivity index (χ3n) is 5.02. The van der Waals surface area contributed by atoms with Gasteiger partial charge in [-0.2, -0.15) is 0 Å². The van der Waals surface area contributed by atoms with Crippen LogP contribution in [0.25, 0.3) is 10.9 Å². The zero-order valence-electron chi connectivity index (χ0n) is 13.9. The summed E-state index contributed by atoms with van der Waals surface area (Å²) in [6.45, 7) is 8.92. The van der Waals surface area contributed by atoms with Crippen LogP contribution in [-0.2, 0) is 6.54 Å². The van der Waals surface area contributed by atoms with E-state index in [0.29, 0.717) is 5.92 Å². The number of ether oxygens (including phenoxy) is 1. The molecule has 1 fully saturated rings. The Morgan fingerprint density at radius 2 is 2.18 bits per heavy atom. The number of H-pyrrole nitrogens is 1. The average molecular weight is 302 g/mol. The van der Waals surface area contributed by atoms with Gasteiger partial charge in [-0.25, -0.2) is 0 Å². The molecule has 22 heavy (non-hydrogen) atoms. The molecule has 0 aliphatic carbocycles. The molecule has 1 aliphatic heterocycles. The van der Waals surface area contributed by atoms with Gasteiger partial charge in [0.2, 0.25) is 0 Å². The second kappa shape index (κ2) is 5.60. The Morgan fingerprint density at radius 1 is 1.41 bits per heavy atom. The lowest BCUT2D eigenvalue weighted by Gasteiger charge is -2.25. The number of hydrogen-bond donors (Lipinski definition) is 2. The Hall–Kier alpha value is -1.52. The van der Waals surface area contributed by atoms with Crippen LogP contribution in [0.2, 0.25) is 0 Å². The third-order valence-corrected chi connectivity index (χ3v) is 5.02. The Bertz CT molecular complexity index is 670. The van der Waals surface area contributed by atoms with E-state index >= 15 is 0 Å². The lowest BCUT2D eigenvalue weighted by molar-refractivity contribution is 0.0207. The summed E-state index contributed by atoms with van der Waals surface area (Å²) < 4.78 is 5.32. The predicted molar refractivity (Wildman–Crippen MR) is 89.3 cm³/mol. The van der Waals surface area contributed by atoms with Gasteiger partial charge in [0.1, 0.15) is 5.75 Å². The van der Waals surface area contributed by atoms with Crippen LogP contribution in [0.1, 0.15) is 31.5 Å². The summed E-state index contributed by atoms with van der Waals surface area (Å²) >= 11 is 0. The van der Waals surface area contributed by atoms with E-state index in [1.54, 1.807) is 7.11 Å². The third kappa shape index (κ3) is 2.85. The number of methoxy groups -OCH3 is 1. The summed E-state index contributed by atoms with van der Waals surface area (Å²) in [7, 11) is 1.70. The highest BCUT2D eigenvalue weighted by molar-refractivity contribution is 5.85. The molecule has 0 saturated carbocycles. The van der Waals surface area contributed by atoms with Gasteiger partial charge in [0, 0.05) is 35.6 Å². The van der Waals surface area contributed by atoms with E-state index in [-0.39, 0.29) is 0 Å². The summed E-state index contributed by atoms with van der Waals surface area (Å²) in [6.07, 6.45) is 1.07. The van der Waals surface area contributed by atoms with Crippen molar-refractivity contribution in [1.82, 2.24) is 9.88 Å². The fourth-order valence-electron chi connectivity index (χ4n) is 3.42. The first-order valence-corrected chi connectivity index (χ1v) is 7.98. The van der Waals surface area contributed by atoms with Crippen LogP contribution in [-0.4, -0.2) is 40.8 Å². The molecule has 2 N–H and O–H groups in total. The van der Waals surface area contributed by atoms with E-state index in [1.165, 1.54) is 16.6 Å². The van der Waals surface area contributed by atoms with Gasteiger partial charge >= 0.3 is 0 Å². The van der Waals surface area contributed by atoms with Crippen molar-refractivity contribution < 1.29 is 9.84 Å². The molecule has 0 spiro atoms. The van der Waals surface area contributed by atoms with Crippen molar-refractivity contribution in [3.8, 4) is 5.75 Å². The van der Waals surface area contributed by atoms with Crippen LogP contribution in [0, 0.1) is 12.8 Å². The summed E-state index contributed by atoms with van der Waals surface area (Å²) in [5.74, 6) is 1.25. The van der Waals surface area contributed by atoms with Crippen molar-refractivity contribution in [3.05, 3.63) is 29.5 Å². The van der Waals surface area contributed by atoms with Gasteiger partial charge in [0.25, 0.3) is 0 Å². The molecular weight excluding hydrogens is 276 g/mol. The molecule has 0 bridgehead atoms. The normalized spacial score (nSPS) is 20.0. The molecule has 1 atom stereocenters. The summed E-state index contributed by atoms with van der Waals surface area (Å²) in [5, 5.41) is 11.4. The van der Waals surface area contributed by atoms with E-state index in [1.807, 2.05) is 19.9 Å². The van der Waals surface area contributed by atoms with Crippen molar-refractivity contribution in [1.29, 1.82) is 0 Å². The van der Waals surface area contributed by atoms with Crippen molar-refractivity contribution >= 4 is 10.9 Å². The first-order chi connectivity index (χ1) is 10.4. The minimum Gasteiger partial charge on any atom is -0.497 e. The molecule has 4 heteroatoms. The van der Waals surface area contributed by atoms with Gasteiger partial charge < -0.3 is 14.8 Å².